The van der Waals surface area contributed by atoms with Gasteiger partial charge in [-0.05, 0) is 43.2 Å². The molecular formula is C23H31BrIN3. The minimum absolute atomic E-state index is 0. The molecular weight excluding hydrogens is 525 g/mol. The molecule has 0 amide bonds. The summed E-state index contributed by atoms with van der Waals surface area (Å²) in [5, 5.41) is 3.73. The molecule has 0 saturated heterocycles. The van der Waals surface area contributed by atoms with Crippen LogP contribution in [0.1, 0.15) is 25.7 Å². The molecule has 0 aliphatic carbocycles. The predicted molar refractivity (Wildman–Crippen MR) is 123 cm³/mol. The van der Waals surface area contributed by atoms with E-state index >= 15 is 0 Å². The fourth-order valence-electron chi connectivity index (χ4n) is 3.59. The monoisotopic (exact) mass is 555 g/mol. The molecule has 5 heteroatoms. The fourth-order valence-corrected chi connectivity index (χ4v) is 3.98. The van der Waals surface area contributed by atoms with Gasteiger partial charge in [0.25, 0.3) is 0 Å². The summed E-state index contributed by atoms with van der Waals surface area (Å²) in [4.78, 5) is 4.36. The first kappa shape index (κ1) is 23.2. The average molecular weight is 556 g/mol. The van der Waals surface area contributed by atoms with Crippen molar-refractivity contribution >= 4 is 49.1 Å². The number of fused-ring (bicyclic) bond motifs is 2. The quantitative estimate of drug-likeness (QED) is 0.139. The van der Waals surface area contributed by atoms with Crippen molar-refractivity contribution in [1.82, 2.24) is 0 Å². The Hall–Kier alpha value is -1.08. The Labute approximate surface area is 194 Å². The van der Waals surface area contributed by atoms with Crippen LogP contribution in [0.25, 0.3) is 21.8 Å². The summed E-state index contributed by atoms with van der Waals surface area (Å²) in [7, 11) is 8.43. The van der Waals surface area contributed by atoms with Crippen molar-refractivity contribution < 1.29 is 28.5 Å². The molecule has 1 heterocycles. The molecule has 3 nitrogen and oxygen atoms in total. The third-order valence-electron chi connectivity index (χ3n) is 5.22. The molecule has 0 fully saturated rings. The van der Waals surface area contributed by atoms with E-state index in [0.717, 1.165) is 11.9 Å². The topological polar surface area (TPSA) is 10.4 Å². The highest BCUT2D eigenvalue weighted by Crippen LogP contribution is 2.25. The third kappa shape index (κ3) is 5.29. The molecule has 0 N–H and O–H groups in total. The predicted octanol–water partition coefficient (Wildman–Crippen LogP) is 2.37. The van der Waals surface area contributed by atoms with Gasteiger partial charge in [0, 0.05) is 74.2 Å². The molecule has 3 rings (SSSR count). The molecule has 0 spiro atoms. The summed E-state index contributed by atoms with van der Waals surface area (Å²) >= 11 is 3.54. The molecule has 0 bridgehead atoms. The van der Waals surface area contributed by atoms with E-state index in [0.29, 0.717) is 0 Å². The molecule has 152 valence electrons. The highest BCUT2D eigenvalue weighted by molar-refractivity contribution is 9.09. The van der Waals surface area contributed by atoms with E-state index in [1.54, 1.807) is 0 Å². The number of aromatic nitrogens is 1. The van der Waals surface area contributed by atoms with Gasteiger partial charge >= 0.3 is 0 Å². The van der Waals surface area contributed by atoms with Gasteiger partial charge < -0.3 is 33.8 Å². The number of benzene rings is 2. The van der Waals surface area contributed by atoms with Crippen molar-refractivity contribution in [2.24, 2.45) is 0 Å². The molecule has 0 aliphatic heterocycles. The molecule has 0 atom stereocenters. The Morgan fingerprint density at radius 1 is 0.714 bits per heavy atom. The number of anilines is 2. The van der Waals surface area contributed by atoms with E-state index in [-0.39, 0.29) is 24.0 Å². The summed E-state index contributed by atoms with van der Waals surface area (Å²) in [6.45, 7) is 1.06. The third-order valence-corrected chi connectivity index (χ3v) is 5.78. The Bertz CT molecular complexity index is 859. The highest BCUT2D eigenvalue weighted by Gasteiger charge is 2.17. The van der Waals surface area contributed by atoms with Crippen LogP contribution in [-0.2, 0) is 6.54 Å². The number of rotatable bonds is 8. The molecule has 2 aromatic carbocycles. The van der Waals surface area contributed by atoms with Crippen LogP contribution in [0.3, 0.4) is 0 Å². The highest BCUT2D eigenvalue weighted by atomic mass is 127. The lowest BCUT2D eigenvalue weighted by atomic mass is 10.1. The van der Waals surface area contributed by atoms with Crippen molar-refractivity contribution in [2.45, 2.75) is 32.2 Å². The molecule has 0 aliphatic rings. The molecule has 1 aromatic heterocycles. The number of alkyl halides is 1. The maximum Gasteiger partial charge on any atom is 0.215 e. The average Bonchev–Trinajstić information content (AvgIpc) is 2.66. The number of nitrogens with zero attached hydrogens (tertiary/aromatic N) is 3. The normalized spacial score (nSPS) is 10.9. The number of hydrogen-bond acceptors (Lipinski definition) is 2. The van der Waals surface area contributed by atoms with E-state index in [1.807, 2.05) is 0 Å². The lowest BCUT2D eigenvalue weighted by Crippen LogP contribution is -3.00. The zero-order valence-electron chi connectivity index (χ0n) is 17.4. The first-order valence-electron chi connectivity index (χ1n) is 9.82. The SMILES string of the molecule is CN(C)c1ccc2cc3ccc(N(C)C)cc3[n+](CCCCCCBr)c2c1.[I-]. The van der Waals surface area contributed by atoms with Crippen molar-refractivity contribution in [1.29, 1.82) is 0 Å². The van der Waals surface area contributed by atoms with E-state index in [4.69, 9.17) is 0 Å². The smallest absolute Gasteiger partial charge is 0.215 e. The van der Waals surface area contributed by atoms with Gasteiger partial charge in [0.05, 0.1) is 0 Å². The molecule has 0 saturated carbocycles. The maximum absolute atomic E-state index is 3.54. The van der Waals surface area contributed by atoms with Crippen molar-refractivity contribution in [2.75, 3.05) is 43.3 Å². The lowest BCUT2D eigenvalue weighted by Gasteiger charge is -2.15. The number of halogens is 2. The minimum Gasteiger partial charge on any atom is -1.00 e. The second kappa shape index (κ2) is 10.6. The largest absolute Gasteiger partial charge is 1.00 e. The van der Waals surface area contributed by atoms with Gasteiger partial charge in [-0.1, -0.05) is 22.4 Å². The van der Waals surface area contributed by atoms with Gasteiger partial charge in [0.15, 0.2) is 0 Å². The van der Waals surface area contributed by atoms with Crippen LogP contribution in [0.5, 0.6) is 0 Å². The number of unbranched alkanes of at least 4 members (excludes halogenated alkanes) is 3. The van der Waals surface area contributed by atoms with Crippen molar-refractivity contribution in [3.8, 4) is 0 Å². The Kier molecular flexibility index (Phi) is 8.81. The van der Waals surface area contributed by atoms with Crippen molar-refractivity contribution in [3.63, 3.8) is 0 Å². The van der Waals surface area contributed by atoms with E-state index in [2.05, 4.69) is 101 Å². The Morgan fingerprint density at radius 2 is 1.21 bits per heavy atom. The summed E-state index contributed by atoms with van der Waals surface area (Å²) < 4.78 is 2.53. The zero-order valence-corrected chi connectivity index (χ0v) is 21.1. The van der Waals surface area contributed by atoms with Gasteiger partial charge in [-0.2, -0.15) is 4.57 Å². The summed E-state index contributed by atoms with van der Waals surface area (Å²) in [6.07, 6.45) is 5.04. The van der Waals surface area contributed by atoms with Crippen LogP contribution in [0, 0.1) is 0 Å². The zero-order chi connectivity index (χ0) is 19.4. The maximum atomic E-state index is 3.54. The summed E-state index contributed by atoms with van der Waals surface area (Å²) in [6, 6.07) is 15.9. The van der Waals surface area contributed by atoms with Crippen LogP contribution >= 0.6 is 15.9 Å². The van der Waals surface area contributed by atoms with Gasteiger partial charge in [-0.15, -0.1) is 0 Å². The lowest BCUT2D eigenvalue weighted by molar-refractivity contribution is -0.645. The van der Waals surface area contributed by atoms with E-state index in [1.165, 1.54) is 58.9 Å². The Balaban J connectivity index is 0.00000280. The van der Waals surface area contributed by atoms with Crippen LogP contribution in [-0.4, -0.2) is 33.5 Å². The molecule has 28 heavy (non-hydrogen) atoms. The van der Waals surface area contributed by atoms with Gasteiger partial charge in [-0.25, -0.2) is 0 Å². The standard InChI is InChI=1S/C23H31BrN3.HI/c1-25(2)20-11-9-18-15-19-10-12-21(26(3)4)17-23(19)27(22(18)16-20)14-8-6-5-7-13-24;/h9-12,15-17H,5-8,13-14H2,1-4H3;1H/q+1;/p-1. The van der Waals surface area contributed by atoms with Crippen LogP contribution < -0.4 is 38.3 Å². The number of pyridine rings is 1. The number of aryl methyl sites for hydroxylation is 1. The van der Waals surface area contributed by atoms with Crippen LogP contribution in [0.2, 0.25) is 0 Å². The molecule has 3 aromatic rings. The van der Waals surface area contributed by atoms with E-state index in [9.17, 15) is 0 Å². The van der Waals surface area contributed by atoms with Crippen molar-refractivity contribution in [3.05, 3.63) is 42.5 Å². The summed E-state index contributed by atoms with van der Waals surface area (Å²) in [5.74, 6) is 0. The summed E-state index contributed by atoms with van der Waals surface area (Å²) in [5.41, 5.74) is 5.15. The minimum atomic E-state index is 0. The first-order chi connectivity index (χ1) is 13.0. The van der Waals surface area contributed by atoms with Crippen LogP contribution in [0.15, 0.2) is 42.5 Å². The van der Waals surface area contributed by atoms with E-state index < -0.39 is 0 Å². The molecule has 0 unspecified atom stereocenters. The molecule has 0 radical (unpaired) electrons. The van der Waals surface area contributed by atoms with Gasteiger partial charge in [-0.3, -0.25) is 0 Å². The Morgan fingerprint density at radius 3 is 1.68 bits per heavy atom. The van der Waals surface area contributed by atoms with Gasteiger partial charge in [0.1, 0.15) is 6.54 Å². The second-order valence-corrected chi connectivity index (χ2v) is 8.47. The van der Waals surface area contributed by atoms with Gasteiger partial charge in [0.2, 0.25) is 11.0 Å². The number of hydrogen-bond donors (Lipinski definition) is 0. The van der Waals surface area contributed by atoms with Crippen LogP contribution in [0.4, 0.5) is 11.4 Å². The second-order valence-electron chi connectivity index (χ2n) is 7.67. The first-order valence-corrected chi connectivity index (χ1v) is 10.9. The fraction of sp³-hybridized carbons (Fsp3) is 0.435.